The van der Waals surface area contributed by atoms with Crippen LogP contribution in [0.25, 0.3) is 0 Å². The van der Waals surface area contributed by atoms with Crippen molar-refractivity contribution in [2.45, 2.75) is 17.9 Å². The Morgan fingerprint density at radius 1 is 1.61 bits per heavy atom. The second-order valence-corrected chi connectivity index (χ2v) is 6.89. The largest absolute Gasteiger partial charge is 0.260 e. The molecule has 0 aliphatic carbocycles. The minimum atomic E-state index is -3.82. The Kier molecular flexibility index (Phi) is 4.95. The molecule has 1 heterocycles. The average molecular weight is 287 g/mol. The predicted octanol–water partition coefficient (Wildman–Crippen LogP) is -0.00142. The highest BCUT2D eigenvalue weighted by atomic mass is 32.2. The third kappa shape index (κ3) is 3.87. The molecule has 2 atom stereocenters. The summed E-state index contributed by atoms with van der Waals surface area (Å²) in [6.45, 7) is 1.61. The molecule has 2 unspecified atom stereocenters. The first-order valence-electron chi connectivity index (χ1n) is 5.04. The molecule has 0 aromatic carbocycles. The van der Waals surface area contributed by atoms with Gasteiger partial charge in [0.1, 0.15) is 11.0 Å². The van der Waals surface area contributed by atoms with Gasteiger partial charge in [-0.05, 0) is 19.1 Å². The molecule has 0 radical (unpaired) electrons. The van der Waals surface area contributed by atoms with Crippen molar-refractivity contribution in [3.05, 3.63) is 24.0 Å². The third-order valence-electron chi connectivity index (χ3n) is 2.01. The van der Waals surface area contributed by atoms with E-state index < -0.39 is 26.9 Å². The lowest BCUT2D eigenvalue weighted by Crippen LogP contribution is -2.36. The molecule has 0 saturated heterocycles. The lowest BCUT2D eigenvalue weighted by atomic mass is 10.4. The number of hydrogen-bond acceptors (Lipinski definition) is 5. The van der Waals surface area contributed by atoms with Gasteiger partial charge in [0.25, 0.3) is 0 Å². The summed E-state index contributed by atoms with van der Waals surface area (Å²) in [5.74, 6) is 0.210. The molecule has 0 aliphatic rings. The van der Waals surface area contributed by atoms with Gasteiger partial charge in [-0.1, -0.05) is 0 Å². The Bertz CT molecular complexity index is 593. The summed E-state index contributed by atoms with van der Waals surface area (Å²) in [4.78, 5) is 3.53. The number of nitrogens with zero attached hydrogens (tertiary/aromatic N) is 2. The molecule has 8 heteroatoms. The molecule has 98 valence electrons. The summed E-state index contributed by atoms with van der Waals surface area (Å²) in [5, 5.41) is 8.81. The van der Waals surface area contributed by atoms with E-state index in [1.807, 2.05) is 0 Å². The van der Waals surface area contributed by atoms with Gasteiger partial charge in [-0.15, -0.1) is 0 Å². The molecule has 0 amide bonds. The molecule has 6 nitrogen and oxygen atoms in total. The maximum atomic E-state index is 12.0. The van der Waals surface area contributed by atoms with E-state index >= 15 is 0 Å². The molecule has 0 saturated carbocycles. The fraction of sp³-hybridized carbons (Fsp3) is 0.400. The zero-order chi connectivity index (χ0) is 13.8. The van der Waals surface area contributed by atoms with Crippen LogP contribution in [0, 0.1) is 11.3 Å². The van der Waals surface area contributed by atoms with Crippen LogP contribution in [0.4, 0.5) is 0 Å². The molecule has 18 heavy (non-hydrogen) atoms. The Morgan fingerprint density at radius 2 is 2.28 bits per heavy atom. The maximum Gasteiger partial charge on any atom is 0.243 e. The van der Waals surface area contributed by atoms with Crippen molar-refractivity contribution in [3.63, 3.8) is 0 Å². The van der Waals surface area contributed by atoms with Gasteiger partial charge in [0.2, 0.25) is 10.0 Å². The first-order valence-corrected chi connectivity index (χ1v) is 8.25. The van der Waals surface area contributed by atoms with Gasteiger partial charge in [0.15, 0.2) is 5.69 Å². The first kappa shape index (κ1) is 14.8. The van der Waals surface area contributed by atoms with Crippen molar-refractivity contribution in [1.29, 1.82) is 5.26 Å². The van der Waals surface area contributed by atoms with Gasteiger partial charge in [0.05, 0.1) is 0 Å². The Labute approximate surface area is 109 Å². The standard InChI is InChI=1S/C10H13N3O3S2/c1-8(7-17(2)14)13-18(15,16)10-4-3-5-12-9(10)6-11/h3-5,8,13H,7H2,1-2H3. The summed E-state index contributed by atoms with van der Waals surface area (Å²) in [6.07, 6.45) is 2.84. The van der Waals surface area contributed by atoms with Crippen LogP contribution >= 0.6 is 0 Å². The van der Waals surface area contributed by atoms with Crippen molar-refractivity contribution in [3.8, 4) is 6.07 Å². The van der Waals surface area contributed by atoms with Gasteiger partial charge >= 0.3 is 0 Å². The summed E-state index contributed by atoms with van der Waals surface area (Å²) in [6, 6.07) is 4.00. The summed E-state index contributed by atoms with van der Waals surface area (Å²) in [5.41, 5.74) is -0.158. The minimum Gasteiger partial charge on any atom is -0.260 e. The van der Waals surface area contributed by atoms with Crippen molar-refractivity contribution >= 4 is 20.8 Å². The molecule has 1 aromatic rings. The van der Waals surface area contributed by atoms with Gasteiger partial charge in [-0.25, -0.2) is 18.1 Å². The smallest absolute Gasteiger partial charge is 0.243 e. The van der Waals surface area contributed by atoms with Crippen molar-refractivity contribution in [2.24, 2.45) is 0 Å². The molecule has 0 aliphatic heterocycles. The molecule has 0 fully saturated rings. The van der Waals surface area contributed by atoms with Crippen molar-refractivity contribution in [2.75, 3.05) is 12.0 Å². The number of rotatable bonds is 5. The van der Waals surface area contributed by atoms with Crippen LogP contribution < -0.4 is 4.72 Å². The molecule has 0 bridgehead atoms. The number of hydrogen-bond donors (Lipinski definition) is 1. The maximum absolute atomic E-state index is 12.0. The zero-order valence-electron chi connectivity index (χ0n) is 9.95. The van der Waals surface area contributed by atoms with E-state index in [0.717, 1.165) is 0 Å². The van der Waals surface area contributed by atoms with Gasteiger partial charge in [-0.2, -0.15) is 5.26 Å². The van der Waals surface area contributed by atoms with Gasteiger partial charge in [-0.3, -0.25) is 4.21 Å². The fourth-order valence-electron chi connectivity index (χ4n) is 1.41. The number of pyridine rings is 1. The van der Waals surface area contributed by atoms with E-state index in [2.05, 4.69) is 9.71 Å². The summed E-state index contributed by atoms with van der Waals surface area (Å²) in [7, 11) is -4.92. The average Bonchev–Trinajstić information content (AvgIpc) is 2.27. The number of aromatic nitrogens is 1. The van der Waals surface area contributed by atoms with Crippen LogP contribution in [0.2, 0.25) is 0 Å². The second kappa shape index (κ2) is 6.04. The molecular weight excluding hydrogens is 274 g/mol. The molecule has 1 rings (SSSR count). The molecule has 1 N–H and O–H groups in total. The van der Waals surface area contributed by atoms with Crippen LogP contribution in [-0.2, 0) is 20.8 Å². The van der Waals surface area contributed by atoms with Crippen LogP contribution in [-0.4, -0.2) is 35.7 Å². The van der Waals surface area contributed by atoms with E-state index in [-0.39, 0.29) is 16.3 Å². The molecular formula is C10H13N3O3S2. The topological polar surface area (TPSA) is 99.9 Å². The van der Waals surface area contributed by atoms with Crippen molar-refractivity contribution < 1.29 is 12.6 Å². The normalized spacial score (nSPS) is 14.7. The van der Waals surface area contributed by atoms with E-state index in [0.29, 0.717) is 0 Å². The highest BCUT2D eigenvalue weighted by Crippen LogP contribution is 2.12. The Morgan fingerprint density at radius 3 is 2.83 bits per heavy atom. The van der Waals surface area contributed by atoms with Crippen LogP contribution in [0.5, 0.6) is 0 Å². The number of nitriles is 1. The number of sulfonamides is 1. The first-order chi connectivity index (χ1) is 8.36. The Hall–Kier alpha value is -1.30. The van der Waals surface area contributed by atoms with Crippen molar-refractivity contribution in [1.82, 2.24) is 9.71 Å². The monoisotopic (exact) mass is 287 g/mol. The zero-order valence-corrected chi connectivity index (χ0v) is 11.6. The lowest BCUT2D eigenvalue weighted by Gasteiger charge is -2.13. The Balaban J connectivity index is 3.01. The quantitative estimate of drug-likeness (QED) is 0.821. The van der Waals surface area contributed by atoms with Crippen LogP contribution in [0.15, 0.2) is 23.2 Å². The molecule has 1 aromatic heterocycles. The number of nitrogens with one attached hydrogen (secondary N) is 1. The van der Waals surface area contributed by atoms with E-state index in [4.69, 9.17) is 5.26 Å². The van der Waals surface area contributed by atoms with E-state index in [1.165, 1.54) is 24.6 Å². The molecule has 0 spiro atoms. The van der Waals surface area contributed by atoms with Gasteiger partial charge < -0.3 is 0 Å². The SMILES string of the molecule is CC(CS(C)=O)NS(=O)(=O)c1cccnc1C#N. The summed E-state index contributed by atoms with van der Waals surface area (Å²) >= 11 is 0. The van der Waals surface area contributed by atoms with E-state index in [9.17, 15) is 12.6 Å². The van der Waals surface area contributed by atoms with Crippen LogP contribution in [0.1, 0.15) is 12.6 Å². The van der Waals surface area contributed by atoms with Gasteiger partial charge in [0, 0.05) is 35.0 Å². The fourth-order valence-corrected chi connectivity index (χ4v) is 3.65. The highest BCUT2D eigenvalue weighted by molar-refractivity contribution is 7.89. The van der Waals surface area contributed by atoms with Crippen LogP contribution in [0.3, 0.4) is 0 Å². The second-order valence-electron chi connectivity index (χ2n) is 3.72. The predicted molar refractivity (Wildman–Crippen MR) is 67.7 cm³/mol. The van der Waals surface area contributed by atoms with E-state index in [1.54, 1.807) is 13.0 Å². The lowest BCUT2D eigenvalue weighted by molar-refractivity contribution is 0.569. The minimum absolute atomic E-state index is 0.158. The highest BCUT2D eigenvalue weighted by Gasteiger charge is 2.21. The summed E-state index contributed by atoms with van der Waals surface area (Å²) < 4.78 is 37.4. The third-order valence-corrected chi connectivity index (χ3v) is 4.60.